The standard InChI is InChI=1S/C21H20N2O2/c24-21(23-22-20-13-17-5-4-8-19(17)20)16-11-9-15(10-12-16)14-25-18-6-2-1-3-7-18/h1-4,6-12,17,19H,5,13-14H2,(H,23,24)/b22-20-/t17-,19-/m0/s1. The van der Waals surface area contributed by atoms with Crippen molar-refractivity contribution in [3.8, 4) is 5.75 Å². The molecule has 2 aliphatic carbocycles. The number of hydrogen-bond acceptors (Lipinski definition) is 3. The van der Waals surface area contributed by atoms with Crippen LogP contribution in [0.2, 0.25) is 0 Å². The number of hydrazone groups is 1. The van der Waals surface area contributed by atoms with E-state index in [-0.39, 0.29) is 5.91 Å². The molecular formula is C21H20N2O2. The number of benzene rings is 2. The van der Waals surface area contributed by atoms with Crippen molar-refractivity contribution in [3.05, 3.63) is 77.9 Å². The van der Waals surface area contributed by atoms with Gasteiger partial charge in [0.2, 0.25) is 0 Å². The number of allylic oxidation sites excluding steroid dienone is 2. The van der Waals surface area contributed by atoms with Gasteiger partial charge in [-0.2, -0.15) is 5.10 Å². The number of amides is 1. The van der Waals surface area contributed by atoms with E-state index in [4.69, 9.17) is 4.74 Å². The molecule has 2 aliphatic rings. The van der Waals surface area contributed by atoms with E-state index in [2.05, 4.69) is 22.7 Å². The lowest BCUT2D eigenvalue weighted by atomic mass is 9.74. The van der Waals surface area contributed by atoms with Gasteiger partial charge in [0.05, 0.1) is 0 Å². The Morgan fingerprint density at radius 3 is 2.68 bits per heavy atom. The summed E-state index contributed by atoms with van der Waals surface area (Å²) in [4.78, 5) is 12.2. The van der Waals surface area contributed by atoms with E-state index >= 15 is 0 Å². The van der Waals surface area contributed by atoms with E-state index in [1.807, 2.05) is 42.5 Å². The number of fused-ring (bicyclic) bond motifs is 1. The molecule has 25 heavy (non-hydrogen) atoms. The molecule has 0 bridgehead atoms. The van der Waals surface area contributed by atoms with Gasteiger partial charge in [-0.25, -0.2) is 5.43 Å². The third-order valence-electron chi connectivity index (χ3n) is 4.81. The van der Waals surface area contributed by atoms with Crippen molar-refractivity contribution < 1.29 is 9.53 Å². The number of nitrogens with one attached hydrogen (secondary N) is 1. The van der Waals surface area contributed by atoms with E-state index in [0.29, 0.717) is 24.0 Å². The summed E-state index contributed by atoms with van der Waals surface area (Å²) in [6.45, 7) is 0.476. The topological polar surface area (TPSA) is 50.7 Å². The van der Waals surface area contributed by atoms with Crippen molar-refractivity contribution in [3.63, 3.8) is 0 Å². The van der Waals surface area contributed by atoms with Gasteiger partial charge in [0.25, 0.3) is 5.91 Å². The van der Waals surface area contributed by atoms with E-state index < -0.39 is 0 Å². The maximum Gasteiger partial charge on any atom is 0.271 e. The molecule has 126 valence electrons. The summed E-state index contributed by atoms with van der Waals surface area (Å²) < 4.78 is 5.70. The first kappa shape index (κ1) is 15.6. The monoisotopic (exact) mass is 332 g/mol. The quantitative estimate of drug-likeness (QED) is 0.666. The van der Waals surface area contributed by atoms with Crippen LogP contribution < -0.4 is 10.2 Å². The number of rotatable bonds is 5. The summed E-state index contributed by atoms with van der Waals surface area (Å²) in [6.07, 6.45) is 6.54. The molecule has 4 heteroatoms. The lowest BCUT2D eigenvalue weighted by Crippen LogP contribution is -2.35. The average Bonchev–Trinajstić information content (AvgIpc) is 3.02. The Hall–Kier alpha value is -2.88. The number of para-hydroxylation sites is 1. The highest BCUT2D eigenvalue weighted by atomic mass is 16.5. The van der Waals surface area contributed by atoms with Gasteiger partial charge in [0, 0.05) is 17.2 Å². The fourth-order valence-corrected chi connectivity index (χ4v) is 3.28. The van der Waals surface area contributed by atoms with Crippen molar-refractivity contribution in [2.24, 2.45) is 16.9 Å². The van der Waals surface area contributed by atoms with Crippen LogP contribution in [0.1, 0.15) is 28.8 Å². The minimum Gasteiger partial charge on any atom is -0.489 e. The first-order valence-corrected chi connectivity index (χ1v) is 8.60. The van der Waals surface area contributed by atoms with Gasteiger partial charge in [-0.15, -0.1) is 0 Å². The Morgan fingerprint density at radius 1 is 1.12 bits per heavy atom. The largest absolute Gasteiger partial charge is 0.489 e. The second-order valence-corrected chi connectivity index (χ2v) is 6.50. The van der Waals surface area contributed by atoms with Gasteiger partial charge in [0.1, 0.15) is 12.4 Å². The zero-order chi connectivity index (χ0) is 17.1. The predicted molar refractivity (Wildman–Crippen MR) is 97.5 cm³/mol. The molecule has 0 saturated heterocycles. The zero-order valence-corrected chi connectivity index (χ0v) is 13.9. The summed E-state index contributed by atoms with van der Waals surface area (Å²) in [6, 6.07) is 17.1. The highest BCUT2D eigenvalue weighted by molar-refractivity contribution is 5.98. The van der Waals surface area contributed by atoms with Crippen LogP contribution in [0.4, 0.5) is 0 Å². The number of carbonyl (C=O) groups is 1. The van der Waals surface area contributed by atoms with Crippen LogP contribution in [0.25, 0.3) is 0 Å². The van der Waals surface area contributed by atoms with Crippen molar-refractivity contribution in [2.75, 3.05) is 0 Å². The molecule has 1 fully saturated rings. The van der Waals surface area contributed by atoms with E-state index in [0.717, 1.165) is 29.9 Å². The summed E-state index contributed by atoms with van der Waals surface area (Å²) in [5.41, 5.74) is 5.38. The van der Waals surface area contributed by atoms with Crippen molar-refractivity contribution >= 4 is 11.6 Å². The van der Waals surface area contributed by atoms with Crippen molar-refractivity contribution in [1.82, 2.24) is 5.43 Å². The molecule has 2 aromatic rings. The number of nitrogens with zero attached hydrogens (tertiary/aromatic N) is 1. The minimum atomic E-state index is -0.173. The molecule has 0 radical (unpaired) electrons. The summed E-state index contributed by atoms with van der Waals surface area (Å²) in [5.74, 6) is 1.81. The molecule has 2 atom stereocenters. The SMILES string of the molecule is O=C(N/N=C1/C[C@@H]2CC=C[C@H]12)c1ccc(COc2ccccc2)cc1. The normalized spacial score (nSPS) is 22.3. The molecule has 4 nitrogen and oxygen atoms in total. The lowest BCUT2D eigenvalue weighted by molar-refractivity contribution is 0.0954. The third-order valence-corrected chi connectivity index (χ3v) is 4.81. The smallest absolute Gasteiger partial charge is 0.271 e. The Bertz CT molecular complexity index is 810. The number of hydrogen-bond donors (Lipinski definition) is 1. The highest BCUT2D eigenvalue weighted by Crippen LogP contribution is 2.40. The molecule has 1 N–H and O–H groups in total. The van der Waals surface area contributed by atoms with E-state index in [1.165, 1.54) is 0 Å². The first-order valence-electron chi connectivity index (χ1n) is 8.60. The maximum absolute atomic E-state index is 12.2. The molecule has 1 amide bonds. The van der Waals surface area contributed by atoms with Crippen LogP contribution in [0, 0.1) is 11.8 Å². The average molecular weight is 332 g/mol. The zero-order valence-electron chi connectivity index (χ0n) is 13.9. The Morgan fingerprint density at radius 2 is 1.92 bits per heavy atom. The summed E-state index contributed by atoms with van der Waals surface area (Å²) in [5, 5.41) is 4.29. The lowest BCUT2D eigenvalue weighted by Gasteiger charge is -2.31. The minimum absolute atomic E-state index is 0.173. The van der Waals surface area contributed by atoms with Crippen LogP contribution in [-0.2, 0) is 6.61 Å². The Kier molecular flexibility index (Phi) is 4.34. The molecule has 4 rings (SSSR count). The molecular weight excluding hydrogens is 312 g/mol. The third kappa shape index (κ3) is 3.48. The molecule has 0 aromatic heterocycles. The van der Waals surface area contributed by atoms with Crippen LogP contribution in [0.3, 0.4) is 0 Å². The maximum atomic E-state index is 12.2. The van der Waals surface area contributed by atoms with Crippen LogP contribution in [-0.4, -0.2) is 11.6 Å². The van der Waals surface area contributed by atoms with Crippen LogP contribution in [0.15, 0.2) is 71.9 Å². The summed E-state index contributed by atoms with van der Waals surface area (Å²) in [7, 11) is 0. The van der Waals surface area contributed by atoms with Gasteiger partial charge in [-0.1, -0.05) is 42.5 Å². The molecule has 0 unspecified atom stereocenters. The Labute approximate surface area is 147 Å². The van der Waals surface area contributed by atoms with Crippen LogP contribution in [0.5, 0.6) is 5.75 Å². The Balaban J connectivity index is 1.31. The fourth-order valence-electron chi connectivity index (χ4n) is 3.28. The molecule has 0 aliphatic heterocycles. The van der Waals surface area contributed by atoms with E-state index in [1.54, 1.807) is 12.1 Å². The predicted octanol–water partition coefficient (Wildman–Crippen LogP) is 3.95. The van der Waals surface area contributed by atoms with Crippen molar-refractivity contribution in [2.45, 2.75) is 19.4 Å². The van der Waals surface area contributed by atoms with Crippen LogP contribution >= 0.6 is 0 Å². The fraction of sp³-hybridized carbons (Fsp3) is 0.238. The second-order valence-electron chi connectivity index (χ2n) is 6.50. The highest BCUT2D eigenvalue weighted by Gasteiger charge is 2.37. The molecule has 2 aromatic carbocycles. The number of carbonyl (C=O) groups excluding carboxylic acids is 1. The van der Waals surface area contributed by atoms with Gasteiger partial charge >= 0.3 is 0 Å². The van der Waals surface area contributed by atoms with Gasteiger partial charge in [-0.05, 0) is 48.6 Å². The van der Waals surface area contributed by atoms with Gasteiger partial charge < -0.3 is 4.74 Å². The molecule has 1 saturated carbocycles. The molecule has 0 heterocycles. The second kappa shape index (κ2) is 6.93. The van der Waals surface area contributed by atoms with Crippen molar-refractivity contribution in [1.29, 1.82) is 0 Å². The summed E-state index contributed by atoms with van der Waals surface area (Å²) >= 11 is 0. The van der Waals surface area contributed by atoms with Gasteiger partial charge in [-0.3, -0.25) is 4.79 Å². The first-order chi connectivity index (χ1) is 12.3. The number of ether oxygens (including phenoxy) is 1. The molecule has 0 spiro atoms. The van der Waals surface area contributed by atoms with E-state index in [9.17, 15) is 4.79 Å². The van der Waals surface area contributed by atoms with Gasteiger partial charge in [0.15, 0.2) is 0 Å².